The van der Waals surface area contributed by atoms with Crippen molar-refractivity contribution in [1.82, 2.24) is 4.57 Å². The molecule has 10 heavy (non-hydrogen) atoms. The topological polar surface area (TPSA) is 22.0 Å². The lowest BCUT2D eigenvalue weighted by molar-refractivity contribution is 0.860. The first-order valence-corrected chi connectivity index (χ1v) is 3.25. The largest absolute Gasteiger partial charge is 0.319 e. The van der Waals surface area contributed by atoms with E-state index in [0.29, 0.717) is 0 Å². The van der Waals surface area contributed by atoms with Crippen LogP contribution >= 0.6 is 0 Å². The zero-order valence-corrected chi connectivity index (χ0v) is 6.51. The molecule has 0 N–H and O–H groups in total. The van der Waals surface area contributed by atoms with Gasteiger partial charge in [0.2, 0.25) is 5.56 Å². The number of hydrogen-bond donors (Lipinski definition) is 0. The van der Waals surface area contributed by atoms with Crippen molar-refractivity contribution in [2.45, 2.75) is 6.92 Å². The molecule has 1 aromatic heterocycles. The summed E-state index contributed by atoms with van der Waals surface area (Å²) in [7, 11) is 3.59. The summed E-state index contributed by atoms with van der Waals surface area (Å²) in [6.07, 6.45) is 1.83. The molecule has 0 saturated carbocycles. The van der Waals surface area contributed by atoms with E-state index in [0.717, 1.165) is 11.0 Å². The molecule has 0 aliphatic rings. The average Bonchev–Trinajstić information content (AvgIpc) is 1.82. The van der Waals surface area contributed by atoms with E-state index in [9.17, 15) is 4.79 Å². The van der Waals surface area contributed by atoms with Gasteiger partial charge in [0.1, 0.15) is 7.85 Å². The maximum atomic E-state index is 11.1. The van der Waals surface area contributed by atoms with E-state index in [1.165, 1.54) is 0 Å². The van der Waals surface area contributed by atoms with E-state index in [1.54, 1.807) is 11.6 Å². The second-order valence-electron chi connectivity index (χ2n) is 2.62. The fourth-order valence-electron chi connectivity index (χ4n) is 1.08. The minimum absolute atomic E-state index is 0.0885. The van der Waals surface area contributed by atoms with Crippen LogP contribution in [0.1, 0.15) is 5.56 Å². The van der Waals surface area contributed by atoms with Gasteiger partial charge in [-0.1, -0.05) is 6.07 Å². The van der Waals surface area contributed by atoms with Crippen molar-refractivity contribution in [2.24, 2.45) is 7.05 Å². The van der Waals surface area contributed by atoms with Gasteiger partial charge < -0.3 is 4.57 Å². The number of pyridine rings is 1. The van der Waals surface area contributed by atoms with Crippen molar-refractivity contribution < 1.29 is 0 Å². The van der Waals surface area contributed by atoms with Crippen LogP contribution in [-0.2, 0) is 7.05 Å². The van der Waals surface area contributed by atoms with Crippen LogP contribution < -0.4 is 11.0 Å². The molecular formula is C7H10BNO. The Hall–Kier alpha value is -0.985. The first kappa shape index (κ1) is 7.13. The molecule has 0 spiro atoms. The van der Waals surface area contributed by atoms with Gasteiger partial charge in [0.05, 0.1) is 0 Å². The lowest BCUT2D eigenvalue weighted by Gasteiger charge is -1.99. The van der Waals surface area contributed by atoms with Crippen molar-refractivity contribution >= 4 is 13.3 Å². The van der Waals surface area contributed by atoms with Crippen molar-refractivity contribution in [1.29, 1.82) is 0 Å². The zero-order chi connectivity index (χ0) is 7.72. The van der Waals surface area contributed by atoms with Gasteiger partial charge in [-0.2, -0.15) is 0 Å². The Labute approximate surface area is 60.9 Å². The van der Waals surface area contributed by atoms with Crippen LogP contribution in [0.4, 0.5) is 0 Å². The smallest absolute Gasteiger partial charge is 0.243 e. The van der Waals surface area contributed by atoms with Crippen LogP contribution in [0.3, 0.4) is 0 Å². The molecular weight excluding hydrogens is 125 g/mol. The van der Waals surface area contributed by atoms with Gasteiger partial charge in [0.25, 0.3) is 0 Å². The molecule has 0 unspecified atom stereocenters. The summed E-state index contributed by atoms with van der Waals surface area (Å²) in [6, 6.07) is 1.89. The Kier molecular flexibility index (Phi) is 1.66. The van der Waals surface area contributed by atoms with E-state index < -0.39 is 0 Å². The zero-order valence-electron chi connectivity index (χ0n) is 6.51. The van der Waals surface area contributed by atoms with Gasteiger partial charge in [-0.15, -0.1) is 0 Å². The molecule has 3 heteroatoms. The molecule has 0 aliphatic carbocycles. The quantitative estimate of drug-likeness (QED) is 0.416. The lowest BCUT2D eigenvalue weighted by atomic mass is 9.97. The first-order valence-electron chi connectivity index (χ1n) is 3.25. The van der Waals surface area contributed by atoms with Crippen LogP contribution in [-0.4, -0.2) is 12.4 Å². The van der Waals surface area contributed by atoms with Crippen LogP contribution in [0, 0.1) is 6.92 Å². The molecule has 0 radical (unpaired) electrons. The molecule has 1 rings (SSSR count). The second kappa shape index (κ2) is 2.33. The maximum Gasteiger partial charge on any atom is 0.243 e. The lowest BCUT2D eigenvalue weighted by Crippen LogP contribution is -2.32. The second-order valence-corrected chi connectivity index (χ2v) is 2.62. The molecule has 2 nitrogen and oxygen atoms in total. The van der Waals surface area contributed by atoms with E-state index in [1.807, 2.05) is 27.0 Å². The van der Waals surface area contributed by atoms with Crippen LogP contribution in [0.15, 0.2) is 17.1 Å². The summed E-state index contributed by atoms with van der Waals surface area (Å²) in [4.78, 5) is 11.1. The summed E-state index contributed by atoms with van der Waals surface area (Å²) < 4.78 is 1.60. The summed E-state index contributed by atoms with van der Waals surface area (Å²) in [5, 5.41) is 0. The predicted molar refractivity (Wildman–Crippen MR) is 44.6 cm³/mol. The standard InChI is InChI=1S/C7H10BNO/c1-5-3-6(8)7(10)9(2)4-5/h3-4H,8H2,1-2H3. The molecule has 0 fully saturated rings. The third-order valence-electron chi connectivity index (χ3n) is 1.50. The van der Waals surface area contributed by atoms with E-state index in [2.05, 4.69) is 0 Å². The molecule has 0 bridgehead atoms. The predicted octanol–water partition coefficient (Wildman–Crippen LogP) is -1.05. The summed E-state index contributed by atoms with van der Waals surface area (Å²) in [5.41, 5.74) is 2.02. The minimum Gasteiger partial charge on any atom is -0.319 e. The molecule has 0 saturated heterocycles. The normalized spacial score (nSPS) is 9.80. The molecule has 52 valence electrons. The number of aromatic nitrogens is 1. The molecule has 1 heterocycles. The minimum atomic E-state index is 0.0885. The highest BCUT2D eigenvalue weighted by Crippen LogP contribution is 1.86. The fraction of sp³-hybridized carbons (Fsp3) is 0.286. The molecule has 0 aromatic carbocycles. The molecule has 1 aromatic rings. The Bertz CT molecular complexity index is 277. The van der Waals surface area contributed by atoms with Gasteiger partial charge in [0.15, 0.2) is 0 Å². The molecule has 0 amide bonds. The number of aryl methyl sites for hydroxylation is 2. The van der Waals surface area contributed by atoms with Crippen LogP contribution in [0.5, 0.6) is 0 Å². The van der Waals surface area contributed by atoms with Crippen molar-refractivity contribution in [3.05, 3.63) is 28.2 Å². The first-order chi connectivity index (χ1) is 4.61. The average molecular weight is 135 g/mol. The van der Waals surface area contributed by atoms with Gasteiger partial charge in [0, 0.05) is 13.2 Å². The van der Waals surface area contributed by atoms with Gasteiger partial charge in [-0.05, 0) is 17.9 Å². The fourth-order valence-corrected chi connectivity index (χ4v) is 1.08. The SMILES string of the molecule is Bc1cc(C)cn(C)c1=O. The monoisotopic (exact) mass is 135 g/mol. The third kappa shape index (κ3) is 1.13. The van der Waals surface area contributed by atoms with Gasteiger partial charge in [-0.25, -0.2) is 0 Å². The summed E-state index contributed by atoms with van der Waals surface area (Å²) in [5.74, 6) is 0. The number of hydrogen-bond acceptors (Lipinski definition) is 1. The van der Waals surface area contributed by atoms with Crippen LogP contribution in [0.25, 0.3) is 0 Å². The highest BCUT2D eigenvalue weighted by atomic mass is 16.1. The number of nitrogens with zero attached hydrogens (tertiary/aromatic N) is 1. The Morgan fingerprint density at radius 3 is 2.70 bits per heavy atom. The maximum absolute atomic E-state index is 11.1. The summed E-state index contributed by atoms with van der Waals surface area (Å²) in [6.45, 7) is 1.98. The van der Waals surface area contributed by atoms with Crippen molar-refractivity contribution in [3.63, 3.8) is 0 Å². The number of rotatable bonds is 0. The van der Waals surface area contributed by atoms with Crippen molar-refractivity contribution in [3.8, 4) is 0 Å². The van der Waals surface area contributed by atoms with Gasteiger partial charge >= 0.3 is 0 Å². The highest BCUT2D eigenvalue weighted by molar-refractivity contribution is 6.32. The van der Waals surface area contributed by atoms with E-state index in [-0.39, 0.29) is 5.56 Å². The van der Waals surface area contributed by atoms with Gasteiger partial charge in [-0.3, -0.25) is 4.79 Å². The molecule has 0 aliphatic heterocycles. The third-order valence-corrected chi connectivity index (χ3v) is 1.50. The van der Waals surface area contributed by atoms with E-state index in [4.69, 9.17) is 0 Å². The highest BCUT2D eigenvalue weighted by Gasteiger charge is 1.94. The Morgan fingerprint density at radius 2 is 2.20 bits per heavy atom. The van der Waals surface area contributed by atoms with Crippen molar-refractivity contribution in [2.75, 3.05) is 0 Å². The Morgan fingerprint density at radius 1 is 1.60 bits per heavy atom. The summed E-state index contributed by atoms with van der Waals surface area (Å²) >= 11 is 0. The van der Waals surface area contributed by atoms with E-state index >= 15 is 0 Å². The van der Waals surface area contributed by atoms with Crippen LogP contribution in [0.2, 0.25) is 0 Å². The Balaban J connectivity index is 3.46. The molecule has 0 atom stereocenters.